The molecule has 0 bridgehead atoms. The lowest BCUT2D eigenvalue weighted by Crippen LogP contribution is -2.42. The van der Waals surface area contributed by atoms with E-state index in [1.165, 1.54) is 12.1 Å². The summed E-state index contributed by atoms with van der Waals surface area (Å²) < 4.78 is 35.1. The number of nitrogens with one attached hydrogen (secondary N) is 1. The molecule has 4 rings (SSSR count). The van der Waals surface area contributed by atoms with Crippen molar-refractivity contribution in [3.63, 3.8) is 0 Å². The van der Waals surface area contributed by atoms with Crippen LogP contribution < -0.4 is 10.2 Å². The monoisotopic (exact) mass is 469 g/mol. The minimum atomic E-state index is -0.656. The van der Waals surface area contributed by atoms with Crippen LogP contribution in [0.1, 0.15) is 24.2 Å². The van der Waals surface area contributed by atoms with Crippen LogP contribution in [-0.4, -0.2) is 27.4 Å². The van der Waals surface area contributed by atoms with Crippen molar-refractivity contribution in [2.75, 3.05) is 7.11 Å². The summed E-state index contributed by atoms with van der Waals surface area (Å²) in [4.78, 5) is 8.93. The predicted octanol–water partition coefficient (Wildman–Crippen LogP) is 5.72. The van der Waals surface area contributed by atoms with E-state index in [1.807, 2.05) is 29.8 Å². The van der Waals surface area contributed by atoms with Crippen LogP contribution in [0.2, 0.25) is 0 Å². The molecule has 33 heavy (non-hydrogen) atoms. The zero-order valence-corrected chi connectivity index (χ0v) is 19.1. The Bertz CT molecular complexity index is 1280. The van der Waals surface area contributed by atoms with Crippen molar-refractivity contribution in [2.24, 2.45) is 4.99 Å². The van der Waals surface area contributed by atoms with E-state index < -0.39 is 17.7 Å². The van der Waals surface area contributed by atoms with Crippen molar-refractivity contribution in [1.29, 1.82) is 0 Å². The second kappa shape index (κ2) is 9.07. The van der Waals surface area contributed by atoms with Crippen LogP contribution in [0.15, 0.2) is 77.4 Å². The number of aliphatic imine (C=N–C) groups is 1. The Morgan fingerprint density at radius 3 is 2.67 bits per heavy atom. The van der Waals surface area contributed by atoms with Crippen LogP contribution in [0.25, 0.3) is 5.69 Å². The second-order valence-corrected chi connectivity index (χ2v) is 7.95. The lowest BCUT2D eigenvalue weighted by atomic mass is 10.1. The van der Waals surface area contributed by atoms with Gasteiger partial charge in [0.15, 0.2) is 0 Å². The number of nitrogens with zero attached hydrogens (tertiary/aromatic N) is 4. The molecule has 2 aromatic carbocycles. The van der Waals surface area contributed by atoms with Crippen LogP contribution in [0, 0.1) is 18.6 Å². The normalized spacial score (nSPS) is 15.9. The third-order valence-corrected chi connectivity index (χ3v) is 5.47. The summed E-state index contributed by atoms with van der Waals surface area (Å²) in [5.74, 6) is -0.684. The van der Waals surface area contributed by atoms with E-state index in [9.17, 15) is 8.78 Å². The van der Waals surface area contributed by atoms with Gasteiger partial charge in [0.1, 0.15) is 22.5 Å². The number of hydrogen-bond acceptors (Lipinski definition) is 5. The molecule has 0 unspecified atom stereocenters. The van der Waals surface area contributed by atoms with Gasteiger partial charge < -0.3 is 9.30 Å². The number of methoxy groups -OCH3 is 1. The average molecular weight is 470 g/mol. The molecule has 1 aliphatic rings. The van der Waals surface area contributed by atoms with Crippen molar-refractivity contribution >= 4 is 23.0 Å². The molecule has 0 saturated heterocycles. The van der Waals surface area contributed by atoms with E-state index >= 15 is 0 Å². The Kier molecular flexibility index (Phi) is 6.20. The molecule has 170 valence electrons. The summed E-state index contributed by atoms with van der Waals surface area (Å²) in [7, 11) is 1.58. The molecule has 2 heterocycles. The number of benzene rings is 2. The van der Waals surface area contributed by atoms with Crippen LogP contribution in [0.5, 0.6) is 5.75 Å². The summed E-state index contributed by atoms with van der Waals surface area (Å²) in [6.07, 6.45) is 5.24. The van der Waals surface area contributed by atoms with Crippen LogP contribution >= 0.6 is 11.6 Å². The summed E-state index contributed by atoms with van der Waals surface area (Å²) in [6.45, 7) is 7.77. The number of aryl methyl sites for hydroxylation is 1. The Morgan fingerprint density at radius 1 is 1.21 bits per heavy atom. The maximum absolute atomic E-state index is 14.4. The molecule has 6 nitrogen and oxygen atoms in total. The highest BCUT2D eigenvalue weighted by Gasteiger charge is 2.26. The first-order chi connectivity index (χ1) is 15.8. The summed E-state index contributed by atoms with van der Waals surface area (Å²) in [6, 6.07) is 8.43. The molecule has 0 amide bonds. The number of halogens is 3. The van der Waals surface area contributed by atoms with Crippen molar-refractivity contribution in [3.8, 4) is 11.4 Å². The molecular formula is C24H22ClF2N5O. The van der Waals surface area contributed by atoms with Crippen LogP contribution in [0.4, 0.5) is 14.5 Å². The van der Waals surface area contributed by atoms with E-state index in [0.29, 0.717) is 22.8 Å². The van der Waals surface area contributed by atoms with Crippen molar-refractivity contribution in [2.45, 2.75) is 19.9 Å². The topological polar surface area (TPSA) is 54.7 Å². The number of rotatable bonds is 5. The molecule has 0 aliphatic carbocycles. The number of aromatic nitrogens is 2. The van der Waals surface area contributed by atoms with Gasteiger partial charge in [-0.25, -0.2) is 18.8 Å². The number of hydrazine groups is 1. The lowest BCUT2D eigenvalue weighted by molar-refractivity contribution is 0.222. The molecule has 1 atom stereocenters. The predicted molar refractivity (Wildman–Crippen MR) is 125 cm³/mol. The largest absolute Gasteiger partial charge is 0.494 e. The standard InChI is InChI=1S/C24H22ClF2N5O/c1-14-12-31(13-28-14)22-8-6-18(10-23(22)33-4)29-21-11-24(25)30-32(16(21)3)15(2)19-7-5-17(26)9-20(19)27/h5-13,15,30H,3H2,1-2,4H3/t15-/m0/s1. The van der Waals surface area contributed by atoms with Gasteiger partial charge in [-0.2, -0.15) is 0 Å². The first-order valence-corrected chi connectivity index (χ1v) is 10.5. The Morgan fingerprint density at radius 2 is 2.00 bits per heavy atom. The lowest BCUT2D eigenvalue weighted by Gasteiger charge is -2.36. The molecule has 1 aromatic heterocycles. The number of imidazole rings is 1. The minimum absolute atomic E-state index is 0.285. The van der Waals surface area contributed by atoms with Gasteiger partial charge in [-0.15, -0.1) is 0 Å². The second-order valence-electron chi connectivity index (χ2n) is 7.54. The number of allylic oxidation sites excluding steroid dienone is 1. The average Bonchev–Trinajstić information content (AvgIpc) is 3.21. The zero-order chi connectivity index (χ0) is 23.7. The molecule has 0 spiro atoms. The van der Waals surface area contributed by atoms with Gasteiger partial charge >= 0.3 is 0 Å². The maximum atomic E-state index is 14.4. The van der Waals surface area contributed by atoms with Crippen LogP contribution in [0.3, 0.4) is 0 Å². The Hall–Kier alpha value is -3.65. The quantitative estimate of drug-likeness (QED) is 0.486. The van der Waals surface area contributed by atoms with Gasteiger partial charge in [-0.3, -0.25) is 10.4 Å². The van der Waals surface area contributed by atoms with Crippen molar-refractivity contribution < 1.29 is 13.5 Å². The third kappa shape index (κ3) is 4.61. The van der Waals surface area contributed by atoms with Gasteiger partial charge in [0.25, 0.3) is 0 Å². The first-order valence-electron chi connectivity index (χ1n) is 10.1. The molecule has 1 N–H and O–H groups in total. The fourth-order valence-corrected chi connectivity index (χ4v) is 3.78. The zero-order valence-electron chi connectivity index (χ0n) is 18.3. The van der Waals surface area contributed by atoms with E-state index in [-0.39, 0.29) is 10.7 Å². The van der Waals surface area contributed by atoms with Crippen molar-refractivity contribution in [1.82, 2.24) is 20.0 Å². The Balaban J connectivity index is 1.66. The SMILES string of the molecule is C=C1C(=Nc2ccc(-n3cnc(C)c3)c(OC)c2)C=C(Cl)NN1[C@@H](C)c1ccc(F)cc1F. The summed E-state index contributed by atoms with van der Waals surface area (Å²) >= 11 is 6.30. The highest BCUT2D eigenvalue weighted by Crippen LogP contribution is 2.32. The van der Waals surface area contributed by atoms with Gasteiger partial charge in [0, 0.05) is 30.0 Å². The fourth-order valence-electron chi connectivity index (χ4n) is 3.59. The van der Waals surface area contributed by atoms with E-state index in [4.69, 9.17) is 16.3 Å². The highest BCUT2D eigenvalue weighted by atomic mass is 35.5. The Labute approximate surface area is 195 Å². The molecule has 0 fully saturated rings. The summed E-state index contributed by atoms with van der Waals surface area (Å²) in [5, 5.41) is 1.88. The smallest absolute Gasteiger partial charge is 0.145 e. The molecule has 1 aliphatic heterocycles. The molecule has 9 heteroatoms. The minimum Gasteiger partial charge on any atom is -0.494 e. The first kappa shape index (κ1) is 22.5. The van der Waals surface area contributed by atoms with Gasteiger partial charge in [0.2, 0.25) is 0 Å². The molecule has 3 aromatic rings. The maximum Gasteiger partial charge on any atom is 0.145 e. The summed E-state index contributed by atoms with van der Waals surface area (Å²) in [5.41, 5.74) is 6.54. The highest BCUT2D eigenvalue weighted by molar-refractivity contribution is 6.32. The third-order valence-electron chi connectivity index (χ3n) is 5.28. The molecule has 0 radical (unpaired) electrons. The fraction of sp³-hybridized carbons (Fsp3) is 0.167. The van der Waals surface area contributed by atoms with Gasteiger partial charge in [-0.1, -0.05) is 24.2 Å². The molecular weight excluding hydrogens is 448 g/mol. The van der Waals surface area contributed by atoms with Gasteiger partial charge in [0.05, 0.1) is 48.0 Å². The van der Waals surface area contributed by atoms with E-state index in [1.54, 1.807) is 37.5 Å². The van der Waals surface area contributed by atoms with E-state index in [2.05, 4.69) is 22.0 Å². The number of ether oxygens (including phenoxy) is 1. The number of hydrogen-bond donors (Lipinski definition) is 1. The molecule has 0 saturated carbocycles. The van der Waals surface area contributed by atoms with E-state index in [0.717, 1.165) is 17.4 Å². The van der Waals surface area contributed by atoms with Crippen LogP contribution in [-0.2, 0) is 0 Å². The van der Waals surface area contributed by atoms with Crippen molar-refractivity contribution in [3.05, 3.63) is 95.3 Å². The van der Waals surface area contributed by atoms with Gasteiger partial charge in [-0.05, 0) is 32.0 Å².